The van der Waals surface area contributed by atoms with E-state index >= 15 is 0 Å². The van der Waals surface area contributed by atoms with Gasteiger partial charge in [-0.1, -0.05) is 0 Å². The summed E-state index contributed by atoms with van der Waals surface area (Å²) < 4.78 is 0. The van der Waals surface area contributed by atoms with E-state index in [1.54, 1.807) is 6.07 Å². The number of amidine groups is 1. The van der Waals surface area contributed by atoms with E-state index < -0.39 is 11.8 Å². The molecule has 2 amide bonds. The molecule has 0 atom stereocenters. The highest BCUT2D eigenvalue weighted by Gasteiger charge is 2.16. The molecule has 5 heteroatoms. The number of hydrogen-bond acceptors (Lipinski definition) is 3. The van der Waals surface area contributed by atoms with Gasteiger partial charge < -0.3 is 5.32 Å². The van der Waals surface area contributed by atoms with E-state index in [4.69, 9.17) is 5.26 Å². The van der Waals surface area contributed by atoms with Gasteiger partial charge in [0.2, 0.25) is 11.7 Å². The molecule has 0 unspecified atom stereocenters. The number of nitrogens with zero attached hydrogens (tertiary/aromatic N) is 2. The second-order valence-corrected chi connectivity index (χ2v) is 1.69. The summed E-state index contributed by atoms with van der Waals surface area (Å²) in [6, 6.07) is 1.56. The lowest BCUT2D eigenvalue weighted by molar-refractivity contribution is -0.127. The summed E-state index contributed by atoms with van der Waals surface area (Å²) in [5.74, 6) is -1.27. The Hall–Kier alpha value is -1.70. The van der Waals surface area contributed by atoms with Crippen LogP contribution in [0.1, 0.15) is 6.42 Å². The molecular weight excluding hydrogens is 134 g/mol. The fourth-order valence-corrected chi connectivity index (χ4v) is 0.559. The number of nitriles is 1. The van der Waals surface area contributed by atoms with Crippen molar-refractivity contribution in [3.8, 4) is 6.07 Å². The van der Waals surface area contributed by atoms with Gasteiger partial charge in [0.15, 0.2) is 0 Å². The van der Waals surface area contributed by atoms with Crippen LogP contribution >= 0.6 is 0 Å². The summed E-state index contributed by atoms with van der Waals surface area (Å²) >= 11 is 0. The number of amides is 2. The van der Waals surface area contributed by atoms with Gasteiger partial charge in [0.25, 0.3) is 5.91 Å². The fourth-order valence-electron chi connectivity index (χ4n) is 0.559. The first-order chi connectivity index (χ1) is 4.72. The molecule has 1 rings (SSSR count). The first kappa shape index (κ1) is 6.42. The second-order valence-electron chi connectivity index (χ2n) is 1.69. The van der Waals surface area contributed by atoms with E-state index in [1.165, 1.54) is 0 Å². The van der Waals surface area contributed by atoms with E-state index in [0.29, 0.717) is 0 Å². The first-order valence-corrected chi connectivity index (χ1v) is 2.54. The van der Waals surface area contributed by atoms with E-state index in [9.17, 15) is 9.59 Å². The molecule has 0 aromatic heterocycles. The van der Waals surface area contributed by atoms with Crippen molar-refractivity contribution >= 4 is 17.6 Å². The number of carbonyl (C=O) groups excluding carboxylic acids is 2. The van der Waals surface area contributed by atoms with Crippen molar-refractivity contribution in [1.82, 2.24) is 5.32 Å². The van der Waals surface area contributed by atoms with Crippen LogP contribution in [0.5, 0.6) is 0 Å². The summed E-state index contributed by atoms with van der Waals surface area (Å²) in [5, 5.41) is 10.3. The Bertz CT molecular complexity index is 261. The number of nitrogens with one attached hydrogen (secondary N) is 1. The van der Waals surface area contributed by atoms with Crippen molar-refractivity contribution in [3.05, 3.63) is 0 Å². The van der Waals surface area contributed by atoms with Crippen LogP contribution in [0.15, 0.2) is 4.99 Å². The maximum atomic E-state index is 10.5. The molecule has 0 saturated carbocycles. The molecule has 0 aromatic rings. The predicted octanol–water partition coefficient (Wildman–Crippen LogP) is -1.05. The fraction of sp³-hybridized carbons (Fsp3) is 0.200. The van der Waals surface area contributed by atoms with Crippen molar-refractivity contribution in [1.29, 1.82) is 5.26 Å². The van der Waals surface area contributed by atoms with Gasteiger partial charge in [0.05, 0.1) is 0 Å². The average molecular weight is 137 g/mol. The molecule has 1 N–H and O–H groups in total. The number of aliphatic imine (C=N–C) groups is 1. The molecule has 50 valence electrons. The SMILES string of the molecule is N#CC1=NC(=O)CC(=O)N1. The molecule has 0 fully saturated rings. The molecular formula is C5H3N3O2. The Labute approximate surface area is 56.4 Å². The molecule has 0 aromatic carbocycles. The maximum absolute atomic E-state index is 10.5. The summed E-state index contributed by atoms with van der Waals surface area (Å²) in [4.78, 5) is 24.2. The van der Waals surface area contributed by atoms with Crippen LogP contribution in [0, 0.1) is 11.3 Å². The van der Waals surface area contributed by atoms with Crippen LogP contribution < -0.4 is 5.32 Å². The second kappa shape index (κ2) is 2.27. The zero-order valence-electron chi connectivity index (χ0n) is 4.92. The van der Waals surface area contributed by atoms with Crippen LogP contribution in [0.2, 0.25) is 0 Å². The molecule has 0 bridgehead atoms. The minimum Gasteiger partial charge on any atom is -0.301 e. The molecule has 1 aliphatic rings. The average Bonchev–Trinajstić information content (AvgIpc) is 1.85. The Morgan fingerprint density at radius 3 is 2.80 bits per heavy atom. The standard InChI is InChI=1S/C5H3N3O2/c6-2-3-7-4(9)1-5(10)8-3/h1H2,(H,7,8,9,10). The Kier molecular flexibility index (Phi) is 1.46. The third-order valence-electron chi connectivity index (χ3n) is 0.912. The quantitative estimate of drug-likeness (QED) is 0.432. The Morgan fingerprint density at radius 1 is 1.60 bits per heavy atom. The number of rotatable bonds is 0. The van der Waals surface area contributed by atoms with Gasteiger partial charge in [-0.25, -0.2) is 0 Å². The Morgan fingerprint density at radius 2 is 2.30 bits per heavy atom. The van der Waals surface area contributed by atoms with Gasteiger partial charge in [-0.2, -0.15) is 10.3 Å². The van der Waals surface area contributed by atoms with Crippen molar-refractivity contribution in [2.45, 2.75) is 6.42 Å². The lowest BCUT2D eigenvalue weighted by Gasteiger charge is -2.04. The highest BCUT2D eigenvalue weighted by molar-refractivity contribution is 6.18. The molecule has 0 saturated heterocycles. The van der Waals surface area contributed by atoms with Crippen LogP contribution in [-0.2, 0) is 9.59 Å². The summed E-state index contributed by atoms with van der Waals surface area (Å²) in [5.41, 5.74) is 0. The summed E-state index contributed by atoms with van der Waals surface area (Å²) in [7, 11) is 0. The molecule has 0 aliphatic carbocycles. The molecule has 1 heterocycles. The lowest BCUT2D eigenvalue weighted by atomic mass is 10.3. The smallest absolute Gasteiger partial charge is 0.257 e. The molecule has 0 radical (unpaired) electrons. The molecule has 0 spiro atoms. The van der Waals surface area contributed by atoms with Crippen molar-refractivity contribution in [2.75, 3.05) is 0 Å². The van der Waals surface area contributed by atoms with Crippen molar-refractivity contribution in [3.63, 3.8) is 0 Å². The van der Waals surface area contributed by atoms with Crippen LogP contribution in [0.25, 0.3) is 0 Å². The van der Waals surface area contributed by atoms with Gasteiger partial charge in [-0.3, -0.25) is 9.59 Å². The third kappa shape index (κ3) is 1.17. The lowest BCUT2D eigenvalue weighted by Crippen LogP contribution is -2.35. The van der Waals surface area contributed by atoms with Crippen LogP contribution in [0.4, 0.5) is 0 Å². The maximum Gasteiger partial charge on any atom is 0.257 e. The van der Waals surface area contributed by atoms with Gasteiger partial charge in [0, 0.05) is 0 Å². The molecule has 10 heavy (non-hydrogen) atoms. The van der Waals surface area contributed by atoms with Crippen molar-refractivity contribution < 1.29 is 9.59 Å². The van der Waals surface area contributed by atoms with Crippen LogP contribution in [0.3, 0.4) is 0 Å². The normalized spacial score (nSPS) is 17.3. The van der Waals surface area contributed by atoms with Gasteiger partial charge in [-0.05, 0) is 0 Å². The minimum absolute atomic E-state index is 0.221. The highest BCUT2D eigenvalue weighted by Crippen LogP contribution is 1.92. The zero-order chi connectivity index (χ0) is 7.56. The summed E-state index contributed by atoms with van der Waals surface area (Å²) in [6.45, 7) is 0. The van der Waals surface area contributed by atoms with E-state index in [0.717, 1.165) is 0 Å². The van der Waals surface area contributed by atoms with Gasteiger partial charge in [0.1, 0.15) is 12.5 Å². The number of hydrogen-bond donors (Lipinski definition) is 1. The topological polar surface area (TPSA) is 82.3 Å². The van der Waals surface area contributed by atoms with E-state index in [-0.39, 0.29) is 12.3 Å². The molecule has 5 nitrogen and oxygen atoms in total. The van der Waals surface area contributed by atoms with Gasteiger partial charge in [-0.15, -0.1) is 0 Å². The minimum atomic E-state index is -0.569. The zero-order valence-corrected chi connectivity index (χ0v) is 4.92. The van der Waals surface area contributed by atoms with Crippen LogP contribution in [-0.4, -0.2) is 17.6 Å². The number of carbonyl (C=O) groups is 2. The highest BCUT2D eigenvalue weighted by atomic mass is 16.2. The monoisotopic (exact) mass is 137 g/mol. The van der Waals surface area contributed by atoms with Crippen molar-refractivity contribution in [2.24, 2.45) is 4.99 Å². The Balaban J connectivity index is 2.87. The molecule has 1 aliphatic heterocycles. The largest absolute Gasteiger partial charge is 0.301 e. The first-order valence-electron chi connectivity index (χ1n) is 2.54. The third-order valence-corrected chi connectivity index (χ3v) is 0.912. The van der Waals surface area contributed by atoms with E-state index in [1.807, 2.05) is 0 Å². The van der Waals surface area contributed by atoms with E-state index in [2.05, 4.69) is 10.3 Å². The predicted molar refractivity (Wildman–Crippen MR) is 30.8 cm³/mol. The summed E-state index contributed by atoms with van der Waals surface area (Å²) in [6.07, 6.45) is -0.259. The van der Waals surface area contributed by atoms with Gasteiger partial charge >= 0.3 is 0 Å².